The molecule has 28 heavy (non-hydrogen) atoms. The summed E-state index contributed by atoms with van der Waals surface area (Å²) in [5.41, 5.74) is 1.26. The van der Waals surface area contributed by atoms with Crippen molar-refractivity contribution in [3.05, 3.63) is 42.4 Å². The molecule has 0 radical (unpaired) electrons. The van der Waals surface area contributed by atoms with E-state index in [2.05, 4.69) is 37.8 Å². The van der Waals surface area contributed by atoms with Crippen LogP contribution in [0.4, 0.5) is 11.8 Å². The largest absolute Gasteiger partial charge is 0.378 e. The Morgan fingerprint density at radius 3 is 2.86 bits per heavy atom. The second kappa shape index (κ2) is 9.30. The van der Waals surface area contributed by atoms with Crippen molar-refractivity contribution in [3.8, 4) is 0 Å². The molecule has 1 unspecified atom stereocenters. The first kappa shape index (κ1) is 19.1. The monoisotopic (exact) mass is 382 g/mol. The second-order valence-corrected chi connectivity index (χ2v) is 7.83. The lowest BCUT2D eigenvalue weighted by Crippen LogP contribution is -2.41. The van der Waals surface area contributed by atoms with E-state index in [4.69, 9.17) is 9.72 Å². The molecular formula is C21H30N6O. The average molecular weight is 383 g/mol. The molecule has 4 heterocycles. The molecule has 7 heteroatoms. The van der Waals surface area contributed by atoms with E-state index in [1.54, 1.807) is 0 Å². The van der Waals surface area contributed by atoms with Crippen LogP contribution < -0.4 is 9.80 Å². The van der Waals surface area contributed by atoms with Crippen LogP contribution in [0.2, 0.25) is 0 Å². The van der Waals surface area contributed by atoms with E-state index < -0.39 is 0 Å². The molecule has 0 aliphatic carbocycles. The topological polar surface area (TPSA) is 57.6 Å². The standard InChI is InChI=1S/C21H30N6O/c1-25(15-18-4-2-7-22-14-18)16-19-5-3-9-27(17-19)21-23-8-6-20(24-21)26-10-12-28-13-11-26/h2,4,6-8,14,19H,3,5,9-13,15-17H2,1H3. The van der Waals surface area contributed by atoms with Crippen LogP contribution in [0.5, 0.6) is 0 Å². The van der Waals surface area contributed by atoms with Crippen molar-refractivity contribution >= 4 is 11.8 Å². The zero-order valence-corrected chi connectivity index (χ0v) is 16.7. The highest BCUT2D eigenvalue weighted by Gasteiger charge is 2.24. The number of aromatic nitrogens is 3. The van der Waals surface area contributed by atoms with Crippen LogP contribution in [0.1, 0.15) is 18.4 Å². The number of piperidine rings is 1. The molecule has 2 saturated heterocycles. The molecule has 0 N–H and O–H groups in total. The first-order valence-electron chi connectivity index (χ1n) is 10.3. The van der Waals surface area contributed by atoms with E-state index in [0.717, 1.165) is 64.2 Å². The van der Waals surface area contributed by atoms with E-state index in [1.165, 1.54) is 18.4 Å². The summed E-state index contributed by atoms with van der Waals surface area (Å²) in [5.74, 6) is 2.51. The number of pyridine rings is 1. The quantitative estimate of drug-likeness (QED) is 0.758. The average Bonchev–Trinajstić information content (AvgIpc) is 2.75. The summed E-state index contributed by atoms with van der Waals surface area (Å²) in [7, 11) is 2.20. The lowest BCUT2D eigenvalue weighted by atomic mass is 9.97. The summed E-state index contributed by atoms with van der Waals surface area (Å²) in [5, 5.41) is 0. The van der Waals surface area contributed by atoms with Crippen molar-refractivity contribution < 1.29 is 4.74 Å². The van der Waals surface area contributed by atoms with E-state index in [1.807, 2.05) is 30.7 Å². The van der Waals surface area contributed by atoms with Crippen molar-refractivity contribution in [2.45, 2.75) is 19.4 Å². The van der Waals surface area contributed by atoms with E-state index in [9.17, 15) is 0 Å². The number of ether oxygens (including phenoxy) is 1. The summed E-state index contributed by atoms with van der Waals surface area (Å²) in [6.07, 6.45) is 8.13. The van der Waals surface area contributed by atoms with Gasteiger partial charge in [-0.05, 0) is 43.5 Å². The van der Waals surface area contributed by atoms with Crippen molar-refractivity contribution in [2.75, 3.05) is 62.8 Å². The van der Waals surface area contributed by atoms with Crippen LogP contribution in [-0.2, 0) is 11.3 Å². The van der Waals surface area contributed by atoms with Crippen LogP contribution in [0.15, 0.2) is 36.8 Å². The van der Waals surface area contributed by atoms with Gasteiger partial charge in [-0.2, -0.15) is 4.98 Å². The molecular weight excluding hydrogens is 352 g/mol. The highest BCUT2D eigenvalue weighted by atomic mass is 16.5. The zero-order chi connectivity index (χ0) is 19.2. The molecule has 4 rings (SSSR count). The predicted octanol–water partition coefficient (Wildman–Crippen LogP) is 2.06. The number of hydrogen-bond donors (Lipinski definition) is 0. The fourth-order valence-corrected chi connectivity index (χ4v) is 4.16. The molecule has 0 aromatic carbocycles. The van der Waals surface area contributed by atoms with Crippen LogP contribution >= 0.6 is 0 Å². The third-order valence-corrected chi connectivity index (χ3v) is 5.51. The summed E-state index contributed by atoms with van der Waals surface area (Å²) in [6.45, 7) is 7.42. The van der Waals surface area contributed by atoms with Gasteiger partial charge < -0.3 is 19.4 Å². The number of morpholine rings is 1. The minimum Gasteiger partial charge on any atom is -0.378 e. The minimum atomic E-state index is 0.631. The Balaban J connectivity index is 1.35. The van der Waals surface area contributed by atoms with E-state index in [-0.39, 0.29) is 0 Å². The van der Waals surface area contributed by atoms with Gasteiger partial charge in [0.15, 0.2) is 0 Å². The van der Waals surface area contributed by atoms with Crippen molar-refractivity contribution in [3.63, 3.8) is 0 Å². The Morgan fingerprint density at radius 1 is 1.14 bits per heavy atom. The predicted molar refractivity (Wildman–Crippen MR) is 111 cm³/mol. The molecule has 0 amide bonds. The van der Waals surface area contributed by atoms with Gasteiger partial charge >= 0.3 is 0 Å². The minimum absolute atomic E-state index is 0.631. The summed E-state index contributed by atoms with van der Waals surface area (Å²) in [4.78, 5) is 20.7. The van der Waals surface area contributed by atoms with Crippen LogP contribution in [-0.4, -0.2) is 72.8 Å². The number of hydrogen-bond acceptors (Lipinski definition) is 7. The fourth-order valence-electron chi connectivity index (χ4n) is 4.16. The summed E-state index contributed by atoms with van der Waals surface area (Å²) < 4.78 is 5.46. The Labute approximate surface area is 167 Å². The Hall–Kier alpha value is -2.25. The first-order chi connectivity index (χ1) is 13.8. The SMILES string of the molecule is CN(Cc1cccnc1)CC1CCCN(c2nccc(N3CCOCC3)n2)C1. The maximum Gasteiger partial charge on any atom is 0.227 e. The summed E-state index contributed by atoms with van der Waals surface area (Å²) >= 11 is 0. The third kappa shape index (κ3) is 4.97. The van der Waals surface area contributed by atoms with Crippen LogP contribution in [0.3, 0.4) is 0 Å². The lowest BCUT2D eigenvalue weighted by Gasteiger charge is -2.35. The normalized spacial score (nSPS) is 20.6. The number of nitrogens with zero attached hydrogens (tertiary/aromatic N) is 6. The molecule has 0 bridgehead atoms. The molecule has 2 aromatic rings. The highest BCUT2D eigenvalue weighted by molar-refractivity contribution is 5.44. The van der Waals surface area contributed by atoms with Gasteiger partial charge in [-0.3, -0.25) is 4.98 Å². The van der Waals surface area contributed by atoms with Crippen LogP contribution in [0.25, 0.3) is 0 Å². The number of anilines is 2. The smallest absolute Gasteiger partial charge is 0.227 e. The van der Waals surface area contributed by atoms with Crippen molar-refractivity contribution in [1.29, 1.82) is 0 Å². The Kier molecular flexibility index (Phi) is 6.34. The summed E-state index contributed by atoms with van der Waals surface area (Å²) in [6, 6.07) is 6.16. The van der Waals surface area contributed by atoms with E-state index >= 15 is 0 Å². The second-order valence-electron chi connectivity index (χ2n) is 7.83. The van der Waals surface area contributed by atoms with Gasteiger partial charge in [0.1, 0.15) is 5.82 Å². The van der Waals surface area contributed by atoms with Crippen molar-refractivity contribution in [2.24, 2.45) is 5.92 Å². The Bertz CT molecular complexity index is 737. The molecule has 150 valence electrons. The maximum absolute atomic E-state index is 5.46. The number of rotatable bonds is 6. The van der Waals surface area contributed by atoms with Gasteiger partial charge in [0.05, 0.1) is 13.2 Å². The molecule has 2 fully saturated rings. The van der Waals surface area contributed by atoms with E-state index in [0.29, 0.717) is 5.92 Å². The Morgan fingerprint density at radius 2 is 2.04 bits per heavy atom. The molecule has 0 spiro atoms. The van der Waals surface area contributed by atoms with Crippen LogP contribution in [0, 0.1) is 5.92 Å². The maximum atomic E-state index is 5.46. The van der Waals surface area contributed by atoms with Gasteiger partial charge in [0.25, 0.3) is 0 Å². The molecule has 1 atom stereocenters. The molecule has 7 nitrogen and oxygen atoms in total. The third-order valence-electron chi connectivity index (χ3n) is 5.51. The lowest BCUT2D eigenvalue weighted by molar-refractivity contribution is 0.122. The zero-order valence-electron chi connectivity index (χ0n) is 16.7. The molecule has 2 aliphatic rings. The van der Waals surface area contributed by atoms with Gasteiger partial charge in [-0.1, -0.05) is 6.07 Å². The van der Waals surface area contributed by atoms with Gasteiger partial charge in [0.2, 0.25) is 5.95 Å². The van der Waals surface area contributed by atoms with Crippen molar-refractivity contribution in [1.82, 2.24) is 19.9 Å². The first-order valence-corrected chi connectivity index (χ1v) is 10.3. The van der Waals surface area contributed by atoms with Gasteiger partial charge in [-0.15, -0.1) is 0 Å². The molecule has 2 aliphatic heterocycles. The fraction of sp³-hybridized carbons (Fsp3) is 0.571. The van der Waals surface area contributed by atoms with Gasteiger partial charge in [-0.25, -0.2) is 4.98 Å². The van der Waals surface area contributed by atoms with Gasteiger partial charge in [0, 0.05) is 57.9 Å². The molecule has 0 saturated carbocycles. The highest BCUT2D eigenvalue weighted by Crippen LogP contribution is 2.23. The molecule has 2 aromatic heterocycles.